The monoisotopic (exact) mass is 412 g/mol. The third-order valence-electron chi connectivity index (χ3n) is 4.33. The van der Waals surface area contributed by atoms with Crippen LogP contribution in [-0.4, -0.2) is 55.1 Å². The minimum absolute atomic E-state index is 0.0120. The van der Waals surface area contributed by atoms with Crippen molar-refractivity contribution in [2.75, 3.05) is 11.5 Å². The molecule has 12 heteroatoms. The third kappa shape index (κ3) is 3.97. The number of carbonyl (C=O) groups excluding carboxylic acids is 2. The number of Topliss-reactive ketones (excluding diaryl/α,β-unsaturated/α-hetero) is 2. The first-order valence-electron chi connectivity index (χ1n) is 8.69. The number of allylic oxidation sites excluding steroid dienone is 2. The molecule has 0 saturated carbocycles. The molecule has 0 amide bonds. The van der Waals surface area contributed by atoms with Crippen LogP contribution in [0.1, 0.15) is 46.7 Å². The third-order valence-corrected chi connectivity index (χ3v) is 4.33. The Hall–Kier alpha value is -4.22. The van der Waals surface area contributed by atoms with Crippen LogP contribution in [0.3, 0.4) is 0 Å². The highest BCUT2D eigenvalue weighted by atomic mass is 16.4. The Labute approximate surface area is 168 Å². The predicted octanol–water partition coefficient (Wildman–Crippen LogP) is 0.413. The fraction of sp³-hybridized carbons (Fsp3) is 0.222. The fourth-order valence-corrected chi connectivity index (χ4v) is 2.72. The Balaban J connectivity index is 1.75. The topological polar surface area (TPSA) is 211 Å². The second kappa shape index (κ2) is 8.03. The van der Waals surface area contributed by atoms with Crippen molar-refractivity contribution in [1.29, 1.82) is 0 Å². The lowest BCUT2D eigenvalue weighted by atomic mass is 9.96. The molecule has 0 aromatic carbocycles. The van der Waals surface area contributed by atoms with Gasteiger partial charge in [0.25, 0.3) is 0 Å². The van der Waals surface area contributed by atoms with Gasteiger partial charge < -0.3 is 21.7 Å². The number of nitrogens with two attached hydrogens (primary N) is 2. The van der Waals surface area contributed by atoms with Crippen LogP contribution in [-0.2, 0) is 9.59 Å². The lowest BCUT2D eigenvalue weighted by Gasteiger charge is -2.17. The van der Waals surface area contributed by atoms with E-state index < -0.39 is 23.5 Å². The van der Waals surface area contributed by atoms with Gasteiger partial charge >= 0.3 is 11.9 Å². The molecule has 0 atom stereocenters. The molecule has 3 heterocycles. The molecule has 0 fully saturated rings. The maximum absolute atomic E-state index is 12.6. The van der Waals surface area contributed by atoms with Crippen molar-refractivity contribution < 1.29 is 29.4 Å². The van der Waals surface area contributed by atoms with E-state index in [9.17, 15) is 19.2 Å². The molecule has 3 rings (SSSR count). The van der Waals surface area contributed by atoms with Gasteiger partial charge in [0, 0.05) is 36.4 Å². The summed E-state index contributed by atoms with van der Waals surface area (Å²) in [5.74, 6) is -4.09. The quantitative estimate of drug-likeness (QED) is 0.388. The van der Waals surface area contributed by atoms with Gasteiger partial charge in [-0.25, -0.2) is 9.97 Å². The van der Waals surface area contributed by atoms with Crippen LogP contribution in [0, 0.1) is 0 Å². The van der Waals surface area contributed by atoms with Crippen molar-refractivity contribution >= 4 is 46.6 Å². The van der Waals surface area contributed by atoms with Gasteiger partial charge in [0.05, 0.1) is 0 Å². The summed E-state index contributed by atoms with van der Waals surface area (Å²) in [5.41, 5.74) is 11.9. The summed E-state index contributed by atoms with van der Waals surface area (Å²) in [5, 5.41) is 17.5. The van der Waals surface area contributed by atoms with E-state index in [1.807, 2.05) is 0 Å². The number of nitrogens with zero attached hydrogens (tertiary/aromatic N) is 4. The summed E-state index contributed by atoms with van der Waals surface area (Å²) in [6.45, 7) is 0. The van der Waals surface area contributed by atoms with E-state index >= 15 is 0 Å². The van der Waals surface area contributed by atoms with Crippen LogP contribution in [0.5, 0.6) is 0 Å². The second-order valence-corrected chi connectivity index (χ2v) is 6.40. The van der Waals surface area contributed by atoms with Gasteiger partial charge in [0.2, 0.25) is 11.6 Å². The van der Waals surface area contributed by atoms with Crippen molar-refractivity contribution in [3.63, 3.8) is 0 Å². The predicted molar refractivity (Wildman–Crippen MR) is 104 cm³/mol. The summed E-state index contributed by atoms with van der Waals surface area (Å²) in [7, 11) is 0. The number of hydrogen-bond acceptors (Lipinski definition) is 10. The number of carboxylic acid groups (broad SMARTS) is 2. The average Bonchev–Trinajstić information content (AvgIpc) is 2.60. The molecule has 0 aliphatic carbocycles. The van der Waals surface area contributed by atoms with Crippen molar-refractivity contribution in [2.45, 2.75) is 25.7 Å². The molecule has 30 heavy (non-hydrogen) atoms. The molecular formula is C18H16N6O6. The second-order valence-electron chi connectivity index (χ2n) is 6.40. The number of nitrogen functional groups attached to an aromatic ring is 2. The van der Waals surface area contributed by atoms with E-state index in [0.29, 0.717) is 11.1 Å². The van der Waals surface area contributed by atoms with Crippen LogP contribution in [0.15, 0.2) is 33.5 Å². The molecule has 0 bridgehead atoms. The minimum Gasteiger partial charge on any atom is -0.481 e. The van der Waals surface area contributed by atoms with Gasteiger partial charge in [-0.15, -0.1) is 0 Å². The number of aromatic nitrogens is 2. The van der Waals surface area contributed by atoms with Crippen molar-refractivity contribution in [3.05, 3.63) is 34.9 Å². The van der Waals surface area contributed by atoms with Crippen molar-refractivity contribution in [2.24, 2.45) is 9.98 Å². The molecule has 12 nitrogen and oxygen atoms in total. The zero-order valence-electron chi connectivity index (χ0n) is 15.5. The number of aliphatic imine (C=N–C) groups is 2. The molecular weight excluding hydrogens is 396 g/mol. The number of aliphatic carboxylic acids is 2. The van der Waals surface area contributed by atoms with E-state index in [1.54, 1.807) is 0 Å². The fourth-order valence-electron chi connectivity index (χ4n) is 2.72. The molecule has 1 aromatic rings. The lowest BCUT2D eigenvalue weighted by molar-refractivity contribution is -0.137. The van der Waals surface area contributed by atoms with E-state index in [-0.39, 0.29) is 60.1 Å². The summed E-state index contributed by atoms with van der Waals surface area (Å²) in [6.07, 6.45) is 2.64. The number of rotatable bonds is 10. The zero-order chi connectivity index (χ0) is 22.0. The summed E-state index contributed by atoms with van der Waals surface area (Å²) in [4.78, 5) is 62.0. The highest BCUT2D eigenvalue weighted by Crippen LogP contribution is 2.24. The molecule has 1 aromatic heterocycles. The normalized spacial score (nSPS) is 14.4. The van der Waals surface area contributed by atoms with Crippen LogP contribution >= 0.6 is 0 Å². The summed E-state index contributed by atoms with van der Waals surface area (Å²) >= 11 is 0. The van der Waals surface area contributed by atoms with Crippen LogP contribution in [0.25, 0.3) is 0 Å². The average molecular weight is 412 g/mol. The Kier molecular flexibility index (Phi) is 5.49. The van der Waals surface area contributed by atoms with Crippen molar-refractivity contribution in [3.8, 4) is 0 Å². The first kappa shape index (κ1) is 20.5. The van der Waals surface area contributed by atoms with Gasteiger partial charge in [-0.2, -0.15) is 0 Å². The summed E-state index contributed by atoms with van der Waals surface area (Å²) in [6, 6.07) is 0. The number of ketones is 2. The van der Waals surface area contributed by atoms with Gasteiger partial charge in [0.15, 0.2) is 23.0 Å². The van der Waals surface area contributed by atoms with Gasteiger partial charge in [-0.05, 0) is 12.8 Å². The highest BCUT2D eigenvalue weighted by Gasteiger charge is 2.31. The smallest absolute Gasteiger partial charge is 0.303 e. The zero-order valence-corrected chi connectivity index (χ0v) is 15.5. The summed E-state index contributed by atoms with van der Waals surface area (Å²) < 4.78 is 0. The Morgan fingerprint density at radius 2 is 1.10 bits per heavy atom. The van der Waals surface area contributed by atoms with E-state index in [2.05, 4.69) is 20.0 Å². The van der Waals surface area contributed by atoms with E-state index in [1.165, 1.54) is 12.4 Å². The van der Waals surface area contributed by atoms with E-state index in [0.717, 1.165) is 0 Å². The Morgan fingerprint density at radius 3 is 1.37 bits per heavy atom. The minimum atomic E-state index is -1.02. The van der Waals surface area contributed by atoms with Gasteiger partial charge in [-0.3, -0.25) is 29.2 Å². The number of carbonyl (C=O) groups is 4. The SMILES string of the molecule is Nc1nc(C(=O)C2=NC=C2CCC(=O)O)c(N)nc1C(=O)C1=NC=C1CCC(=O)O. The molecule has 6 N–H and O–H groups in total. The highest BCUT2D eigenvalue weighted by molar-refractivity contribution is 6.54. The van der Waals surface area contributed by atoms with Crippen LogP contribution < -0.4 is 11.5 Å². The molecule has 0 radical (unpaired) electrons. The first-order valence-corrected chi connectivity index (χ1v) is 8.69. The number of carboxylic acids is 2. The van der Waals surface area contributed by atoms with Crippen molar-refractivity contribution in [1.82, 2.24) is 9.97 Å². The number of anilines is 2. The lowest BCUT2D eigenvalue weighted by Crippen LogP contribution is -2.28. The Bertz CT molecular complexity index is 1030. The molecule has 0 saturated heterocycles. The maximum Gasteiger partial charge on any atom is 0.303 e. The molecule has 2 aliphatic rings. The maximum atomic E-state index is 12.6. The Morgan fingerprint density at radius 1 is 0.733 bits per heavy atom. The van der Waals surface area contributed by atoms with E-state index in [4.69, 9.17) is 21.7 Å². The largest absolute Gasteiger partial charge is 0.481 e. The van der Waals surface area contributed by atoms with Gasteiger partial charge in [-0.1, -0.05) is 0 Å². The number of hydrogen-bond donors (Lipinski definition) is 4. The van der Waals surface area contributed by atoms with Crippen LogP contribution in [0.2, 0.25) is 0 Å². The first-order chi connectivity index (χ1) is 14.2. The van der Waals surface area contributed by atoms with Crippen LogP contribution in [0.4, 0.5) is 11.6 Å². The molecule has 0 unspecified atom stereocenters. The van der Waals surface area contributed by atoms with Gasteiger partial charge in [0.1, 0.15) is 11.4 Å². The molecule has 2 aliphatic heterocycles. The molecule has 0 spiro atoms. The molecule has 154 valence electrons. The standard InChI is InChI=1S/C18H16N6O6/c19-17-13(15(29)11-7(5-21-11)1-3-9(25)26)23-18(20)14(24-17)16(30)12-8(6-22-12)2-4-10(27)28/h5-6H,1-4H2,(H2,20,23)(H2,19,24)(H,25,26)(H,27,28).